The fourth-order valence-corrected chi connectivity index (χ4v) is 2.54. The Hall–Kier alpha value is -1.26. The molecule has 0 spiro atoms. The van der Waals surface area contributed by atoms with E-state index in [1.165, 1.54) is 0 Å². The Labute approximate surface area is 128 Å². The van der Waals surface area contributed by atoms with Gasteiger partial charge in [0, 0.05) is 0 Å². The molecule has 20 heavy (non-hydrogen) atoms. The third-order valence-electron chi connectivity index (χ3n) is 3.01. The molecule has 0 aliphatic carbocycles. The molecule has 0 aliphatic heterocycles. The zero-order chi connectivity index (χ0) is 14.4. The van der Waals surface area contributed by atoms with E-state index in [0.717, 1.165) is 34.5 Å². The standard InChI is InChI=1S/C16H20BrNO2/c1-3-9-18-15(16-14(17)8-10-20-16)12-6-5-7-13(11-12)19-4-2/h5-8,10-11,15,18H,3-4,9H2,1-2H3. The molecule has 1 unspecified atom stereocenters. The van der Waals surface area contributed by atoms with Crippen LogP contribution in [0.2, 0.25) is 0 Å². The van der Waals surface area contributed by atoms with Crippen molar-refractivity contribution in [2.75, 3.05) is 13.2 Å². The number of nitrogens with one attached hydrogen (secondary N) is 1. The predicted molar refractivity (Wildman–Crippen MR) is 84.2 cm³/mol. The summed E-state index contributed by atoms with van der Waals surface area (Å²) in [7, 11) is 0. The smallest absolute Gasteiger partial charge is 0.139 e. The van der Waals surface area contributed by atoms with Crippen LogP contribution in [0.5, 0.6) is 5.75 Å². The Morgan fingerprint density at radius 1 is 1.30 bits per heavy atom. The van der Waals surface area contributed by atoms with E-state index in [-0.39, 0.29) is 6.04 Å². The highest BCUT2D eigenvalue weighted by molar-refractivity contribution is 9.10. The monoisotopic (exact) mass is 337 g/mol. The first kappa shape index (κ1) is 15.1. The minimum Gasteiger partial charge on any atom is -0.494 e. The van der Waals surface area contributed by atoms with Crippen LogP contribution in [0.1, 0.15) is 37.6 Å². The Balaban J connectivity index is 2.31. The molecule has 108 valence electrons. The van der Waals surface area contributed by atoms with E-state index in [4.69, 9.17) is 9.15 Å². The summed E-state index contributed by atoms with van der Waals surface area (Å²) in [6.45, 7) is 5.73. The molecule has 0 saturated heterocycles. The van der Waals surface area contributed by atoms with Crippen LogP contribution in [0.15, 0.2) is 45.5 Å². The quantitative estimate of drug-likeness (QED) is 0.805. The van der Waals surface area contributed by atoms with E-state index in [2.05, 4.69) is 40.3 Å². The van der Waals surface area contributed by atoms with Crippen LogP contribution in [0.4, 0.5) is 0 Å². The number of ether oxygens (including phenoxy) is 1. The van der Waals surface area contributed by atoms with Gasteiger partial charge in [-0.1, -0.05) is 19.1 Å². The van der Waals surface area contributed by atoms with E-state index < -0.39 is 0 Å². The third kappa shape index (κ3) is 3.64. The fourth-order valence-electron chi connectivity index (χ4n) is 2.11. The maximum absolute atomic E-state index is 5.63. The summed E-state index contributed by atoms with van der Waals surface area (Å²) in [6, 6.07) is 10.1. The van der Waals surface area contributed by atoms with Gasteiger partial charge >= 0.3 is 0 Å². The van der Waals surface area contributed by atoms with Crippen LogP contribution in [-0.2, 0) is 0 Å². The van der Waals surface area contributed by atoms with Crippen molar-refractivity contribution in [2.45, 2.75) is 26.3 Å². The van der Waals surface area contributed by atoms with Crippen molar-refractivity contribution in [3.8, 4) is 5.75 Å². The fraction of sp³-hybridized carbons (Fsp3) is 0.375. The molecule has 1 aromatic heterocycles. The lowest BCUT2D eigenvalue weighted by molar-refractivity contribution is 0.339. The molecule has 2 rings (SSSR count). The molecule has 1 atom stereocenters. The van der Waals surface area contributed by atoms with Gasteiger partial charge in [-0.3, -0.25) is 0 Å². The third-order valence-corrected chi connectivity index (χ3v) is 3.66. The Kier molecular flexibility index (Phi) is 5.68. The molecule has 1 heterocycles. The van der Waals surface area contributed by atoms with E-state index >= 15 is 0 Å². The zero-order valence-electron chi connectivity index (χ0n) is 11.9. The van der Waals surface area contributed by atoms with Gasteiger partial charge in [0.25, 0.3) is 0 Å². The van der Waals surface area contributed by atoms with Gasteiger partial charge in [0.1, 0.15) is 11.5 Å². The van der Waals surface area contributed by atoms with Crippen molar-refractivity contribution in [1.29, 1.82) is 0 Å². The van der Waals surface area contributed by atoms with Crippen molar-refractivity contribution < 1.29 is 9.15 Å². The molecular formula is C16H20BrNO2. The van der Waals surface area contributed by atoms with E-state index in [1.807, 2.05) is 25.1 Å². The Morgan fingerprint density at radius 2 is 2.15 bits per heavy atom. The highest BCUT2D eigenvalue weighted by Gasteiger charge is 2.19. The van der Waals surface area contributed by atoms with Crippen LogP contribution in [0.25, 0.3) is 0 Å². The summed E-state index contributed by atoms with van der Waals surface area (Å²) in [5.41, 5.74) is 1.14. The number of benzene rings is 1. The summed E-state index contributed by atoms with van der Waals surface area (Å²) >= 11 is 3.54. The topological polar surface area (TPSA) is 34.4 Å². The molecule has 1 N–H and O–H groups in total. The zero-order valence-corrected chi connectivity index (χ0v) is 13.4. The molecule has 3 nitrogen and oxygen atoms in total. The average molecular weight is 338 g/mol. The molecule has 2 aromatic rings. The maximum atomic E-state index is 5.63. The maximum Gasteiger partial charge on any atom is 0.139 e. The lowest BCUT2D eigenvalue weighted by Gasteiger charge is -2.18. The average Bonchev–Trinajstić information content (AvgIpc) is 2.87. The SMILES string of the molecule is CCCNC(c1cccc(OCC)c1)c1occc1Br. The summed E-state index contributed by atoms with van der Waals surface area (Å²) in [5.74, 6) is 1.78. The van der Waals surface area contributed by atoms with Gasteiger partial charge in [0.2, 0.25) is 0 Å². The Morgan fingerprint density at radius 3 is 2.80 bits per heavy atom. The summed E-state index contributed by atoms with van der Waals surface area (Å²) in [6.07, 6.45) is 2.77. The van der Waals surface area contributed by atoms with Gasteiger partial charge in [0.05, 0.1) is 23.4 Å². The van der Waals surface area contributed by atoms with Crippen molar-refractivity contribution in [1.82, 2.24) is 5.32 Å². The van der Waals surface area contributed by atoms with Crippen molar-refractivity contribution in [2.24, 2.45) is 0 Å². The molecule has 1 aromatic carbocycles. The van der Waals surface area contributed by atoms with Gasteiger partial charge in [-0.25, -0.2) is 0 Å². The van der Waals surface area contributed by atoms with E-state index in [1.54, 1.807) is 6.26 Å². The lowest BCUT2D eigenvalue weighted by atomic mass is 10.0. The van der Waals surface area contributed by atoms with Crippen LogP contribution < -0.4 is 10.1 Å². The van der Waals surface area contributed by atoms with E-state index in [0.29, 0.717) is 6.61 Å². The molecule has 0 bridgehead atoms. The number of furan rings is 1. The highest BCUT2D eigenvalue weighted by Crippen LogP contribution is 2.31. The van der Waals surface area contributed by atoms with Crippen LogP contribution in [0.3, 0.4) is 0 Å². The number of hydrogen-bond donors (Lipinski definition) is 1. The highest BCUT2D eigenvalue weighted by atomic mass is 79.9. The number of hydrogen-bond acceptors (Lipinski definition) is 3. The Bertz CT molecular complexity index is 539. The lowest BCUT2D eigenvalue weighted by Crippen LogP contribution is -2.23. The molecule has 4 heteroatoms. The second-order valence-electron chi connectivity index (χ2n) is 4.53. The number of halogens is 1. The van der Waals surface area contributed by atoms with Gasteiger partial charge in [-0.05, 0) is 59.6 Å². The van der Waals surface area contributed by atoms with Gasteiger partial charge < -0.3 is 14.5 Å². The second kappa shape index (κ2) is 7.50. The minimum atomic E-state index is 0.0275. The largest absolute Gasteiger partial charge is 0.494 e. The van der Waals surface area contributed by atoms with Crippen molar-refractivity contribution >= 4 is 15.9 Å². The first-order valence-corrected chi connectivity index (χ1v) is 7.74. The molecule has 0 aliphatic rings. The molecular weight excluding hydrogens is 318 g/mol. The van der Waals surface area contributed by atoms with Crippen LogP contribution >= 0.6 is 15.9 Å². The van der Waals surface area contributed by atoms with E-state index in [9.17, 15) is 0 Å². The summed E-state index contributed by atoms with van der Waals surface area (Å²) in [4.78, 5) is 0. The first-order chi connectivity index (χ1) is 9.76. The molecule has 0 fully saturated rings. The van der Waals surface area contributed by atoms with Crippen LogP contribution in [-0.4, -0.2) is 13.2 Å². The normalized spacial score (nSPS) is 12.3. The second-order valence-corrected chi connectivity index (χ2v) is 5.38. The molecule has 0 saturated carbocycles. The number of rotatable bonds is 7. The van der Waals surface area contributed by atoms with Gasteiger partial charge in [0.15, 0.2) is 0 Å². The van der Waals surface area contributed by atoms with Crippen molar-refractivity contribution in [3.63, 3.8) is 0 Å². The van der Waals surface area contributed by atoms with Crippen LogP contribution in [0, 0.1) is 0 Å². The van der Waals surface area contributed by atoms with Gasteiger partial charge in [-0.2, -0.15) is 0 Å². The van der Waals surface area contributed by atoms with Gasteiger partial charge in [-0.15, -0.1) is 0 Å². The van der Waals surface area contributed by atoms with Crippen molar-refractivity contribution in [3.05, 3.63) is 52.4 Å². The minimum absolute atomic E-state index is 0.0275. The predicted octanol–water partition coefficient (Wildman–Crippen LogP) is 4.53. The first-order valence-electron chi connectivity index (χ1n) is 6.95. The summed E-state index contributed by atoms with van der Waals surface area (Å²) < 4.78 is 12.2. The molecule has 0 amide bonds. The summed E-state index contributed by atoms with van der Waals surface area (Å²) in [5, 5.41) is 3.52. The molecule has 0 radical (unpaired) electrons.